The van der Waals surface area contributed by atoms with Gasteiger partial charge < -0.3 is 14.6 Å². The second kappa shape index (κ2) is 9.19. The van der Waals surface area contributed by atoms with Crippen molar-refractivity contribution < 1.29 is 23.2 Å². The van der Waals surface area contributed by atoms with Gasteiger partial charge in [0, 0.05) is 16.1 Å². The van der Waals surface area contributed by atoms with Crippen LogP contribution in [0.2, 0.25) is 0 Å². The number of rotatable bonds is 6. The average molecular weight is 451 g/mol. The predicted octanol–water partition coefficient (Wildman–Crippen LogP) is 4.85. The summed E-state index contributed by atoms with van der Waals surface area (Å²) in [7, 11) is 0. The maximum Gasteiger partial charge on any atom is 0.339 e. The van der Waals surface area contributed by atoms with Crippen LogP contribution in [0.3, 0.4) is 0 Å². The number of anilines is 1. The number of benzene rings is 2. The SMILES string of the molecule is CSc1cccc(NC(=O)COC(=O)c2cc(-c3ccc(F)cc3)nc3onc(C)c23)c1. The number of aromatic nitrogens is 2. The number of pyridine rings is 1. The van der Waals surface area contributed by atoms with E-state index in [-0.39, 0.29) is 17.1 Å². The Balaban J connectivity index is 1.55. The molecule has 162 valence electrons. The largest absolute Gasteiger partial charge is 0.452 e. The Morgan fingerprint density at radius 1 is 1.16 bits per heavy atom. The molecule has 2 aromatic heterocycles. The minimum atomic E-state index is -0.722. The fourth-order valence-electron chi connectivity index (χ4n) is 3.13. The van der Waals surface area contributed by atoms with Crippen LogP contribution in [0.1, 0.15) is 16.1 Å². The number of halogens is 1. The molecule has 0 aliphatic rings. The molecule has 0 aliphatic carbocycles. The molecule has 0 saturated heterocycles. The Morgan fingerprint density at radius 3 is 2.69 bits per heavy atom. The van der Waals surface area contributed by atoms with Crippen LogP contribution in [-0.2, 0) is 9.53 Å². The molecule has 4 rings (SSSR count). The lowest BCUT2D eigenvalue weighted by atomic mass is 10.1. The van der Waals surface area contributed by atoms with Gasteiger partial charge in [-0.05, 0) is 61.7 Å². The fraction of sp³-hybridized carbons (Fsp3) is 0.130. The molecular weight excluding hydrogens is 433 g/mol. The monoisotopic (exact) mass is 451 g/mol. The molecule has 0 bridgehead atoms. The smallest absolute Gasteiger partial charge is 0.339 e. The second-order valence-corrected chi connectivity index (χ2v) is 7.75. The number of esters is 1. The van der Waals surface area contributed by atoms with Gasteiger partial charge in [-0.2, -0.15) is 0 Å². The standard InChI is InChI=1S/C23H18FN3O4S/c1-13-21-18(11-19(26-22(21)31-27-13)14-6-8-15(24)9-7-14)23(29)30-12-20(28)25-16-4-3-5-17(10-16)32-2/h3-11H,12H2,1-2H3,(H,25,28). The van der Waals surface area contributed by atoms with E-state index in [1.807, 2.05) is 24.5 Å². The van der Waals surface area contributed by atoms with E-state index in [2.05, 4.69) is 15.5 Å². The molecule has 0 saturated carbocycles. The molecule has 32 heavy (non-hydrogen) atoms. The number of nitrogens with one attached hydrogen (secondary N) is 1. The number of fused-ring (bicyclic) bond motifs is 1. The number of aryl methyl sites for hydroxylation is 1. The third-order valence-electron chi connectivity index (χ3n) is 4.66. The number of hydrogen-bond acceptors (Lipinski definition) is 7. The maximum absolute atomic E-state index is 13.3. The lowest BCUT2D eigenvalue weighted by Gasteiger charge is -2.09. The van der Waals surface area contributed by atoms with Crippen molar-refractivity contribution in [1.29, 1.82) is 0 Å². The lowest BCUT2D eigenvalue weighted by Crippen LogP contribution is -2.21. The zero-order valence-corrected chi connectivity index (χ0v) is 18.0. The zero-order valence-electron chi connectivity index (χ0n) is 17.2. The summed E-state index contributed by atoms with van der Waals surface area (Å²) < 4.78 is 23.8. The normalized spacial score (nSPS) is 10.8. The summed E-state index contributed by atoms with van der Waals surface area (Å²) in [4.78, 5) is 30.5. The van der Waals surface area contributed by atoms with E-state index in [1.165, 1.54) is 30.3 Å². The minimum absolute atomic E-state index is 0.148. The first kappa shape index (κ1) is 21.5. The molecule has 2 heterocycles. The van der Waals surface area contributed by atoms with Gasteiger partial charge in [-0.15, -0.1) is 11.8 Å². The third-order valence-corrected chi connectivity index (χ3v) is 5.39. The van der Waals surface area contributed by atoms with Crippen LogP contribution < -0.4 is 5.32 Å². The van der Waals surface area contributed by atoms with Crippen LogP contribution in [0.15, 0.2) is 64.0 Å². The molecule has 4 aromatic rings. The molecule has 0 spiro atoms. The number of nitrogens with zero attached hydrogens (tertiary/aromatic N) is 2. The molecule has 1 N–H and O–H groups in total. The Kier molecular flexibility index (Phi) is 6.18. The Hall–Kier alpha value is -3.72. The van der Waals surface area contributed by atoms with Crippen molar-refractivity contribution in [3.8, 4) is 11.3 Å². The molecule has 0 unspecified atom stereocenters. The third kappa shape index (κ3) is 4.62. The molecule has 9 heteroatoms. The number of amides is 1. The van der Waals surface area contributed by atoms with E-state index in [9.17, 15) is 14.0 Å². The van der Waals surface area contributed by atoms with Crippen molar-refractivity contribution in [1.82, 2.24) is 10.1 Å². The number of hydrogen-bond donors (Lipinski definition) is 1. The van der Waals surface area contributed by atoms with Crippen molar-refractivity contribution in [2.24, 2.45) is 0 Å². The van der Waals surface area contributed by atoms with Crippen LogP contribution >= 0.6 is 11.8 Å². The van der Waals surface area contributed by atoms with Crippen LogP contribution in [-0.4, -0.2) is 34.9 Å². The molecule has 7 nitrogen and oxygen atoms in total. The van der Waals surface area contributed by atoms with Crippen LogP contribution in [0.5, 0.6) is 0 Å². The molecule has 0 radical (unpaired) electrons. The maximum atomic E-state index is 13.3. The van der Waals surface area contributed by atoms with Crippen LogP contribution in [0.25, 0.3) is 22.4 Å². The summed E-state index contributed by atoms with van der Waals surface area (Å²) in [6.07, 6.45) is 1.94. The van der Waals surface area contributed by atoms with Gasteiger partial charge in [0.05, 0.1) is 22.3 Å². The second-order valence-electron chi connectivity index (χ2n) is 6.87. The van der Waals surface area contributed by atoms with Crippen molar-refractivity contribution in [2.45, 2.75) is 11.8 Å². The molecule has 0 fully saturated rings. The summed E-state index contributed by atoms with van der Waals surface area (Å²) in [6, 6.07) is 14.5. The van der Waals surface area contributed by atoms with Gasteiger partial charge in [0.1, 0.15) is 5.82 Å². The summed E-state index contributed by atoms with van der Waals surface area (Å²) in [5.41, 5.74) is 2.35. The van der Waals surface area contributed by atoms with Crippen LogP contribution in [0, 0.1) is 12.7 Å². The van der Waals surface area contributed by atoms with E-state index in [0.29, 0.717) is 28.0 Å². The van der Waals surface area contributed by atoms with Crippen molar-refractivity contribution in [3.05, 3.63) is 71.7 Å². The Morgan fingerprint density at radius 2 is 1.94 bits per heavy atom. The Labute approximate surface area is 187 Å². The number of ether oxygens (including phenoxy) is 1. The zero-order chi connectivity index (χ0) is 22.7. The van der Waals surface area contributed by atoms with E-state index < -0.39 is 18.5 Å². The van der Waals surface area contributed by atoms with Gasteiger partial charge in [-0.25, -0.2) is 14.2 Å². The number of thioether (sulfide) groups is 1. The van der Waals surface area contributed by atoms with Gasteiger partial charge in [-0.3, -0.25) is 4.79 Å². The first-order valence-corrected chi connectivity index (χ1v) is 10.8. The molecule has 0 aliphatic heterocycles. The van der Waals surface area contributed by atoms with E-state index >= 15 is 0 Å². The molecule has 2 aromatic carbocycles. The molecular formula is C23H18FN3O4S. The van der Waals surface area contributed by atoms with Crippen molar-refractivity contribution in [2.75, 3.05) is 18.2 Å². The lowest BCUT2D eigenvalue weighted by molar-refractivity contribution is -0.119. The van der Waals surface area contributed by atoms with Crippen molar-refractivity contribution in [3.63, 3.8) is 0 Å². The van der Waals surface area contributed by atoms with Gasteiger partial charge in [0.15, 0.2) is 6.61 Å². The van der Waals surface area contributed by atoms with Gasteiger partial charge in [0.25, 0.3) is 11.6 Å². The number of carbonyl (C=O) groups excluding carboxylic acids is 2. The van der Waals surface area contributed by atoms with Gasteiger partial charge >= 0.3 is 5.97 Å². The highest BCUT2D eigenvalue weighted by Gasteiger charge is 2.21. The fourth-order valence-corrected chi connectivity index (χ4v) is 3.59. The van der Waals surface area contributed by atoms with E-state index in [1.54, 1.807) is 24.8 Å². The topological polar surface area (TPSA) is 94.3 Å². The van der Waals surface area contributed by atoms with E-state index in [0.717, 1.165) is 4.90 Å². The quantitative estimate of drug-likeness (QED) is 0.331. The highest BCUT2D eigenvalue weighted by molar-refractivity contribution is 7.98. The van der Waals surface area contributed by atoms with Gasteiger partial charge in [-0.1, -0.05) is 11.2 Å². The van der Waals surface area contributed by atoms with E-state index in [4.69, 9.17) is 9.26 Å². The summed E-state index contributed by atoms with van der Waals surface area (Å²) in [5.74, 6) is -1.58. The molecule has 0 atom stereocenters. The average Bonchev–Trinajstić information content (AvgIpc) is 3.18. The Bertz CT molecular complexity index is 1300. The first-order valence-electron chi connectivity index (χ1n) is 9.58. The van der Waals surface area contributed by atoms with Crippen LogP contribution in [0.4, 0.5) is 10.1 Å². The first-order chi connectivity index (χ1) is 15.4. The summed E-state index contributed by atoms with van der Waals surface area (Å²) in [6.45, 7) is 1.20. The minimum Gasteiger partial charge on any atom is -0.452 e. The summed E-state index contributed by atoms with van der Waals surface area (Å²) >= 11 is 1.55. The van der Waals surface area contributed by atoms with Crippen molar-refractivity contribution >= 4 is 40.4 Å². The molecule has 1 amide bonds. The number of carbonyl (C=O) groups is 2. The van der Waals surface area contributed by atoms with Gasteiger partial charge in [0.2, 0.25) is 0 Å². The highest BCUT2D eigenvalue weighted by Crippen LogP contribution is 2.28. The summed E-state index contributed by atoms with van der Waals surface area (Å²) in [5, 5.41) is 6.97. The highest BCUT2D eigenvalue weighted by atomic mass is 32.2. The predicted molar refractivity (Wildman–Crippen MR) is 119 cm³/mol.